The molecule has 1 saturated heterocycles. The average Bonchev–Trinajstić information content (AvgIpc) is 3.32. The van der Waals surface area contributed by atoms with Crippen LogP contribution in [0.2, 0.25) is 0 Å². The highest BCUT2D eigenvalue weighted by Gasteiger charge is 2.35. The molecule has 0 aromatic rings. The fourth-order valence-electron chi connectivity index (χ4n) is 2.92. The van der Waals surface area contributed by atoms with Gasteiger partial charge in [0.1, 0.15) is 0 Å². The molecule has 2 aliphatic rings. The molecule has 2 fully saturated rings. The molecule has 0 unspecified atom stereocenters. The van der Waals surface area contributed by atoms with Crippen LogP contribution in [0.3, 0.4) is 0 Å². The summed E-state index contributed by atoms with van der Waals surface area (Å²) in [5.74, 6) is 1.51. The van der Waals surface area contributed by atoms with Crippen LogP contribution in [0.5, 0.6) is 0 Å². The predicted octanol–water partition coefficient (Wildman–Crippen LogP) is 2.19. The Morgan fingerprint density at radius 1 is 1.05 bits per heavy atom. The van der Waals surface area contributed by atoms with Gasteiger partial charge >= 0.3 is 0 Å². The van der Waals surface area contributed by atoms with Crippen molar-refractivity contribution >= 4 is 11.8 Å². The highest BCUT2D eigenvalue weighted by atomic mass is 16.2. The van der Waals surface area contributed by atoms with Crippen LogP contribution in [0.25, 0.3) is 0 Å². The van der Waals surface area contributed by atoms with Crippen molar-refractivity contribution in [2.24, 2.45) is 17.8 Å². The lowest BCUT2D eigenvalue weighted by atomic mass is 9.95. The van der Waals surface area contributed by atoms with Crippen LogP contribution in [-0.4, -0.2) is 36.3 Å². The minimum atomic E-state index is 0.104. The van der Waals surface area contributed by atoms with Crippen molar-refractivity contribution in [1.82, 2.24) is 10.2 Å². The van der Waals surface area contributed by atoms with Gasteiger partial charge in [0.05, 0.1) is 0 Å². The molecule has 1 aliphatic carbocycles. The van der Waals surface area contributed by atoms with E-state index in [1.54, 1.807) is 0 Å². The second-order valence-corrected chi connectivity index (χ2v) is 6.30. The minimum absolute atomic E-state index is 0.104. The third-order valence-electron chi connectivity index (χ3n) is 4.82. The van der Waals surface area contributed by atoms with Gasteiger partial charge in [-0.15, -0.1) is 0 Å². The van der Waals surface area contributed by atoms with Crippen molar-refractivity contribution in [1.29, 1.82) is 0 Å². The fourth-order valence-corrected chi connectivity index (χ4v) is 2.92. The molecule has 20 heavy (non-hydrogen) atoms. The van der Waals surface area contributed by atoms with Gasteiger partial charge in [-0.1, -0.05) is 26.7 Å². The number of carbonyl (C=O) groups is 2. The predicted molar refractivity (Wildman–Crippen MR) is 79.1 cm³/mol. The summed E-state index contributed by atoms with van der Waals surface area (Å²) in [6.07, 6.45) is 6.01. The van der Waals surface area contributed by atoms with Crippen LogP contribution < -0.4 is 5.32 Å². The molecule has 1 heterocycles. The van der Waals surface area contributed by atoms with Crippen molar-refractivity contribution in [2.75, 3.05) is 19.6 Å². The molecule has 2 rings (SSSR count). The molecule has 114 valence electrons. The van der Waals surface area contributed by atoms with E-state index in [9.17, 15) is 9.59 Å². The number of nitrogens with zero attached hydrogens (tertiary/aromatic N) is 1. The Balaban J connectivity index is 1.69. The Kier molecular flexibility index (Phi) is 5.44. The average molecular weight is 280 g/mol. The highest BCUT2D eigenvalue weighted by Crippen LogP contribution is 2.32. The summed E-state index contributed by atoms with van der Waals surface area (Å²) < 4.78 is 0. The van der Waals surface area contributed by atoms with E-state index >= 15 is 0 Å². The van der Waals surface area contributed by atoms with Gasteiger partial charge in [0, 0.05) is 31.5 Å². The first-order valence-electron chi connectivity index (χ1n) is 8.22. The smallest absolute Gasteiger partial charge is 0.225 e. The van der Waals surface area contributed by atoms with E-state index in [-0.39, 0.29) is 11.8 Å². The lowest BCUT2D eigenvalue weighted by Gasteiger charge is -2.31. The number of rotatable bonds is 6. The van der Waals surface area contributed by atoms with Crippen LogP contribution in [-0.2, 0) is 9.59 Å². The molecule has 4 nitrogen and oxygen atoms in total. The number of piperidine rings is 1. The van der Waals surface area contributed by atoms with Gasteiger partial charge in [0.25, 0.3) is 0 Å². The molecule has 1 saturated carbocycles. The Bertz CT molecular complexity index is 340. The topological polar surface area (TPSA) is 49.4 Å². The quantitative estimate of drug-likeness (QED) is 0.811. The largest absolute Gasteiger partial charge is 0.356 e. The SMILES string of the molecule is CCC(CC)CNC(=O)C1CCN(C(=O)C2CC2)CC1. The standard InChI is InChI=1S/C16H28N2O2/c1-3-12(4-2)11-17-15(19)13-7-9-18(10-8-13)16(20)14-5-6-14/h12-14H,3-11H2,1-2H3,(H,17,19). The van der Waals surface area contributed by atoms with Crippen LogP contribution in [0.1, 0.15) is 52.4 Å². The molecule has 1 N–H and O–H groups in total. The molecule has 0 bridgehead atoms. The molecule has 2 amide bonds. The molecule has 0 radical (unpaired) electrons. The van der Waals surface area contributed by atoms with Crippen LogP contribution in [0.15, 0.2) is 0 Å². The van der Waals surface area contributed by atoms with E-state index in [2.05, 4.69) is 19.2 Å². The number of hydrogen-bond donors (Lipinski definition) is 1. The Hall–Kier alpha value is -1.06. The van der Waals surface area contributed by atoms with Crippen molar-refractivity contribution in [3.05, 3.63) is 0 Å². The molecule has 0 aromatic carbocycles. The van der Waals surface area contributed by atoms with E-state index in [0.29, 0.717) is 17.7 Å². The van der Waals surface area contributed by atoms with Crippen molar-refractivity contribution in [3.63, 3.8) is 0 Å². The molecular weight excluding hydrogens is 252 g/mol. The summed E-state index contributed by atoms with van der Waals surface area (Å²) >= 11 is 0. The lowest BCUT2D eigenvalue weighted by Crippen LogP contribution is -2.44. The minimum Gasteiger partial charge on any atom is -0.356 e. The highest BCUT2D eigenvalue weighted by molar-refractivity contribution is 5.82. The maximum atomic E-state index is 12.1. The van der Waals surface area contributed by atoms with Crippen LogP contribution in [0.4, 0.5) is 0 Å². The van der Waals surface area contributed by atoms with Crippen molar-refractivity contribution < 1.29 is 9.59 Å². The summed E-state index contributed by atoms with van der Waals surface area (Å²) in [4.78, 5) is 26.1. The van der Waals surface area contributed by atoms with Gasteiger partial charge in [-0.3, -0.25) is 9.59 Å². The van der Waals surface area contributed by atoms with Crippen molar-refractivity contribution in [3.8, 4) is 0 Å². The number of amides is 2. The molecule has 1 aliphatic heterocycles. The first-order valence-corrected chi connectivity index (χ1v) is 8.22. The third kappa shape index (κ3) is 3.97. The zero-order valence-corrected chi connectivity index (χ0v) is 12.9. The van der Waals surface area contributed by atoms with Gasteiger partial charge in [-0.2, -0.15) is 0 Å². The summed E-state index contributed by atoms with van der Waals surface area (Å²) in [5.41, 5.74) is 0. The maximum absolute atomic E-state index is 12.1. The maximum Gasteiger partial charge on any atom is 0.225 e. The van der Waals surface area contributed by atoms with E-state index in [1.807, 2.05) is 4.90 Å². The molecule has 4 heteroatoms. The summed E-state index contributed by atoms with van der Waals surface area (Å²) in [6.45, 7) is 6.66. The zero-order chi connectivity index (χ0) is 14.5. The Morgan fingerprint density at radius 3 is 2.15 bits per heavy atom. The molecule has 0 atom stereocenters. The van der Waals surface area contributed by atoms with Gasteiger partial charge in [-0.05, 0) is 31.6 Å². The van der Waals surface area contributed by atoms with E-state index in [4.69, 9.17) is 0 Å². The van der Waals surface area contributed by atoms with E-state index in [1.165, 1.54) is 0 Å². The normalized spacial score (nSPS) is 20.2. The lowest BCUT2D eigenvalue weighted by molar-refractivity contribution is -0.136. The van der Waals surface area contributed by atoms with E-state index in [0.717, 1.165) is 58.2 Å². The Labute approximate surface area is 122 Å². The first-order chi connectivity index (χ1) is 9.65. The zero-order valence-electron chi connectivity index (χ0n) is 12.9. The van der Waals surface area contributed by atoms with Crippen LogP contribution in [0, 0.1) is 17.8 Å². The number of carbonyl (C=O) groups excluding carboxylic acids is 2. The number of hydrogen-bond acceptors (Lipinski definition) is 2. The van der Waals surface area contributed by atoms with Gasteiger partial charge in [0.2, 0.25) is 11.8 Å². The fraction of sp³-hybridized carbons (Fsp3) is 0.875. The third-order valence-corrected chi connectivity index (χ3v) is 4.82. The number of nitrogens with one attached hydrogen (secondary N) is 1. The Morgan fingerprint density at radius 2 is 1.65 bits per heavy atom. The first kappa shape index (κ1) is 15.3. The van der Waals surface area contributed by atoms with E-state index < -0.39 is 0 Å². The number of likely N-dealkylation sites (tertiary alicyclic amines) is 1. The molecular formula is C16H28N2O2. The monoisotopic (exact) mass is 280 g/mol. The van der Waals surface area contributed by atoms with Gasteiger partial charge in [-0.25, -0.2) is 0 Å². The van der Waals surface area contributed by atoms with Crippen LogP contribution >= 0.6 is 0 Å². The van der Waals surface area contributed by atoms with Crippen molar-refractivity contribution in [2.45, 2.75) is 52.4 Å². The molecule has 0 aromatic heterocycles. The van der Waals surface area contributed by atoms with Gasteiger partial charge in [0.15, 0.2) is 0 Å². The van der Waals surface area contributed by atoms with Gasteiger partial charge < -0.3 is 10.2 Å². The molecule has 0 spiro atoms. The summed E-state index contributed by atoms with van der Waals surface area (Å²) in [5, 5.41) is 3.09. The summed E-state index contributed by atoms with van der Waals surface area (Å²) in [7, 11) is 0. The second-order valence-electron chi connectivity index (χ2n) is 6.30. The second kappa shape index (κ2) is 7.09. The summed E-state index contributed by atoms with van der Waals surface area (Å²) in [6, 6.07) is 0.